The van der Waals surface area contributed by atoms with Gasteiger partial charge in [0.15, 0.2) is 5.82 Å². The molecule has 1 aliphatic carbocycles. The van der Waals surface area contributed by atoms with Gasteiger partial charge >= 0.3 is 0 Å². The topological polar surface area (TPSA) is 55.6 Å². The van der Waals surface area contributed by atoms with Gasteiger partial charge in [-0.05, 0) is 51.3 Å². The largest absolute Gasteiger partial charge is 0.331 e. The molecule has 0 bridgehead atoms. The quantitative estimate of drug-likeness (QED) is 0.919. The summed E-state index contributed by atoms with van der Waals surface area (Å²) < 4.78 is 1.97. The van der Waals surface area contributed by atoms with Crippen molar-refractivity contribution in [2.45, 2.75) is 26.2 Å². The number of nitrogens with zero attached hydrogens (tertiary/aromatic N) is 4. The van der Waals surface area contributed by atoms with Gasteiger partial charge in [0.05, 0.1) is 12.5 Å². The number of aryl methyl sites for hydroxylation is 3. The summed E-state index contributed by atoms with van der Waals surface area (Å²) in [6.07, 6.45) is 6.96. The molecule has 0 saturated carbocycles. The number of hydrogen-bond acceptors (Lipinski definition) is 4. The highest BCUT2D eigenvalue weighted by atomic mass is 15.1. The van der Waals surface area contributed by atoms with Gasteiger partial charge in [-0.25, -0.2) is 15.0 Å². The second-order valence-corrected chi connectivity index (χ2v) is 5.61. The highest BCUT2D eigenvalue weighted by Gasteiger charge is 2.23. The van der Waals surface area contributed by atoms with Gasteiger partial charge in [-0.1, -0.05) is 0 Å². The molecule has 0 spiro atoms. The van der Waals surface area contributed by atoms with Crippen LogP contribution in [0.25, 0.3) is 11.5 Å². The predicted octanol–water partition coefficient (Wildman–Crippen LogP) is 1.51. The number of nitrogens with one attached hydrogen (secondary N) is 1. The minimum absolute atomic E-state index is 0.706. The van der Waals surface area contributed by atoms with E-state index < -0.39 is 0 Å². The molecule has 2 aromatic heterocycles. The van der Waals surface area contributed by atoms with Crippen LogP contribution in [-0.2, 0) is 19.9 Å². The van der Waals surface area contributed by atoms with E-state index in [1.807, 2.05) is 24.9 Å². The van der Waals surface area contributed by atoms with E-state index in [1.165, 1.54) is 17.7 Å². The van der Waals surface area contributed by atoms with Crippen molar-refractivity contribution in [3.8, 4) is 11.5 Å². The van der Waals surface area contributed by atoms with Crippen LogP contribution in [0.5, 0.6) is 0 Å². The van der Waals surface area contributed by atoms with Gasteiger partial charge in [-0.3, -0.25) is 0 Å². The normalized spacial score (nSPS) is 18.1. The van der Waals surface area contributed by atoms with Gasteiger partial charge in [-0.2, -0.15) is 0 Å². The van der Waals surface area contributed by atoms with Crippen LogP contribution in [0.3, 0.4) is 0 Å². The van der Waals surface area contributed by atoms with Gasteiger partial charge in [0.1, 0.15) is 5.69 Å². The summed E-state index contributed by atoms with van der Waals surface area (Å²) in [4.78, 5) is 13.6. The lowest BCUT2D eigenvalue weighted by Gasteiger charge is -2.25. The van der Waals surface area contributed by atoms with Crippen molar-refractivity contribution in [3.63, 3.8) is 0 Å². The molecule has 1 unspecified atom stereocenters. The van der Waals surface area contributed by atoms with Gasteiger partial charge in [-0.15, -0.1) is 0 Å². The lowest BCUT2D eigenvalue weighted by molar-refractivity contribution is 0.433. The zero-order valence-corrected chi connectivity index (χ0v) is 12.3. The van der Waals surface area contributed by atoms with Crippen molar-refractivity contribution in [2.24, 2.45) is 13.0 Å². The summed E-state index contributed by atoms with van der Waals surface area (Å²) in [5, 5.41) is 3.28. The SMILES string of the molecule is CNCC1CCc2nc(-c3cncn3C)nc(C)c2C1. The molecular weight excluding hydrogens is 250 g/mol. The molecule has 5 heteroatoms. The summed E-state index contributed by atoms with van der Waals surface area (Å²) in [6, 6.07) is 0. The molecule has 1 aliphatic rings. The molecule has 3 rings (SSSR count). The molecule has 20 heavy (non-hydrogen) atoms. The fraction of sp³-hybridized carbons (Fsp3) is 0.533. The van der Waals surface area contributed by atoms with Crippen LogP contribution < -0.4 is 5.32 Å². The van der Waals surface area contributed by atoms with E-state index >= 15 is 0 Å². The summed E-state index contributed by atoms with van der Waals surface area (Å²) in [5.41, 5.74) is 4.67. The van der Waals surface area contributed by atoms with Crippen LogP contribution >= 0.6 is 0 Å². The zero-order chi connectivity index (χ0) is 14.1. The van der Waals surface area contributed by atoms with E-state index in [2.05, 4.69) is 17.2 Å². The maximum absolute atomic E-state index is 4.78. The minimum Gasteiger partial charge on any atom is -0.331 e. The third kappa shape index (κ3) is 2.33. The molecule has 0 radical (unpaired) electrons. The van der Waals surface area contributed by atoms with E-state index in [-0.39, 0.29) is 0 Å². The van der Waals surface area contributed by atoms with Gasteiger partial charge < -0.3 is 9.88 Å². The fourth-order valence-corrected chi connectivity index (χ4v) is 3.01. The van der Waals surface area contributed by atoms with E-state index in [4.69, 9.17) is 9.97 Å². The van der Waals surface area contributed by atoms with Crippen molar-refractivity contribution in [1.82, 2.24) is 24.8 Å². The van der Waals surface area contributed by atoms with Crippen LogP contribution in [0.15, 0.2) is 12.5 Å². The molecule has 2 heterocycles. The fourth-order valence-electron chi connectivity index (χ4n) is 3.01. The molecule has 0 fully saturated rings. The molecule has 0 aromatic carbocycles. The summed E-state index contributed by atoms with van der Waals surface area (Å²) >= 11 is 0. The Labute approximate surface area is 119 Å². The number of imidazole rings is 1. The molecule has 2 aromatic rings. The number of hydrogen-bond donors (Lipinski definition) is 1. The van der Waals surface area contributed by atoms with Gasteiger partial charge in [0.25, 0.3) is 0 Å². The summed E-state index contributed by atoms with van der Waals surface area (Å²) in [6.45, 7) is 3.17. The highest BCUT2D eigenvalue weighted by Crippen LogP contribution is 2.27. The molecule has 5 nitrogen and oxygen atoms in total. The third-order valence-electron chi connectivity index (χ3n) is 4.12. The molecular formula is C15H21N5. The Hall–Kier alpha value is -1.75. The standard InChI is InChI=1S/C15H21N5/c1-10-12-6-11(7-16-2)4-5-13(12)19-15(18-10)14-8-17-9-20(14)3/h8-9,11,16H,4-7H2,1-3H3. The Morgan fingerprint density at radius 1 is 1.40 bits per heavy atom. The first kappa shape index (κ1) is 13.2. The van der Waals surface area contributed by atoms with Crippen molar-refractivity contribution in [3.05, 3.63) is 29.5 Å². The molecule has 1 N–H and O–H groups in total. The second-order valence-electron chi connectivity index (χ2n) is 5.61. The molecule has 0 aliphatic heterocycles. The van der Waals surface area contributed by atoms with Crippen molar-refractivity contribution in [1.29, 1.82) is 0 Å². The number of rotatable bonds is 3. The smallest absolute Gasteiger partial charge is 0.178 e. The van der Waals surface area contributed by atoms with Crippen molar-refractivity contribution < 1.29 is 0 Å². The van der Waals surface area contributed by atoms with Crippen molar-refractivity contribution >= 4 is 0 Å². The predicted molar refractivity (Wildman–Crippen MR) is 78.4 cm³/mol. The average Bonchev–Trinajstić information content (AvgIpc) is 2.86. The second kappa shape index (κ2) is 5.32. The molecule has 0 saturated heterocycles. The van der Waals surface area contributed by atoms with E-state index in [9.17, 15) is 0 Å². The zero-order valence-electron chi connectivity index (χ0n) is 12.3. The van der Waals surface area contributed by atoms with Crippen LogP contribution in [-0.4, -0.2) is 33.1 Å². The minimum atomic E-state index is 0.706. The Morgan fingerprint density at radius 3 is 2.95 bits per heavy atom. The molecule has 106 valence electrons. The van der Waals surface area contributed by atoms with Gasteiger partial charge in [0.2, 0.25) is 0 Å². The first-order chi connectivity index (χ1) is 9.69. The molecule has 1 atom stereocenters. The first-order valence-corrected chi connectivity index (χ1v) is 7.16. The maximum atomic E-state index is 4.78. The van der Waals surface area contributed by atoms with Crippen molar-refractivity contribution in [2.75, 3.05) is 13.6 Å². The monoisotopic (exact) mass is 271 g/mol. The molecule has 0 amide bonds. The number of fused-ring (bicyclic) bond motifs is 1. The van der Waals surface area contributed by atoms with E-state index in [0.717, 1.165) is 36.6 Å². The maximum Gasteiger partial charge on any atom is 0.178 e. The van der Waals surface area contributed by atoms with Crippen LogP contribution in [0.2, 0.25) is 0 Å². The summed E-state index contributed by atoms with van der Waals surface area (Å²) in [5.74, 6) is 1.51. The van der Waals surface area contributed by atoms with Crippen LogP contribution in [0.1, 0.15) is 23.4 Å². The van der Waals surface area contributed by atoms with E-state index in [0.29, 0.717) is 5.92 Å². The lowest BCUT2D eigenvalue weighted by Crippen LogP contribution is -2.26. The summed E-state index contributed by atoms with van der Waals surface area (Å²) in [7, 11) is 3.99. The van der Waals surface area contributed by atoms with Crippen LogP contribution in [0.4, 0.5) is 0 Å². The Bertz CT molecular complexity index is 617. The van der Waals surface area contributed by atoms with Gasteiger partial charge in [0, 0.05) is 18.4 Å². The Morgan fingerprint density at radius 2 is 2.25 bits per heavy atom. The first-order valence-electron chi connectivity index (χ1n) is 7.16. The lowest BCUT2D eigenvalue weighted by atomic mass is 9.86. The Kier molecular flexibility index (Phi) is 3.53. The van der Waals surface area contributed by atoms with E-state index in [1.54, 1.807) is 6.33 Å². The average molecular weight is 271 g/mol. The number of aromatic nitrogens is 4. The Balaban J connectivity index is 1.96. The third-order valence-corrected chi connectivity index (χ3v) is 4.12. The highest BCUT2D eigenvalue weighted by molar-refractivity contribution is 5.50. The van der Waals surface area contributed by atoms with Crippen LogP contribution in [0, 0.1) is 12.8 Å².